The number of rotatable bonds is 6. The van der Waals surface area contributed by atoms with E-state index in [2.05, 4.69) is 5.32 Å². The molecule has 0 saturated carbocycles. The third-order valence-corrected chi connectivity index (χ3v) is 2.92. The summed E-state index contributed by atoms with van der Waals surface area (Å²) in [5.74, 6) is -1.90. The smallest absolute Gasteiger partial charge is 0.326 e. The molecule has 0 radical (unpaired) electrons. The Bertz CT molecular complexity index is 585. The fourth-order valence-corrected chi connectivity index (χ4v) is 1.90. The quantitative estimate of drug-likeness (QED) is 0.413. The molecule has 1 aromatic rings. The van der Waals surface area contributed by atoms with Crippen molar-refractivity contribution in [2.45, 2.75) is 32.7 Å². The van der Waals surface area contributed by atoms with Gasteiger partial charge in [-0.15, -0.1) is 0 Å². The largest absolute Gasteiger partial charge is 0.480 e. The van der Waals surface area contributed by atoms with Gasteiger partial charge in [0.2, 0.25) is 0 Å². The normalized spacial score (nSPS) is 11.7. The topological polar surface area (TPSA) is 136 Å². The number of nitrogens with one attached hydrogen (secondary N) is 1. The van der Waals surface area contributed by atoms with Gasteiger partial charge in [-0.1, -0.05) is 13.3 Å². The van der Waals surface area contributed by atoms with Crippen LogP contribution in [-0.4, -0.2) is 27.9 Å². The van der Waals surface area contributed by atoms with Gasteiger partial charge in [-0.2, -0.15) is 0 Å². The zero-order valence-electron chi connectivity index (χ0n) is 11.8. The number of nitro groups is 1. The summed E-state index contributed by atoms with van der Waals surface area (Å²) < 4.78 is 0. The fourth-order valence-electron chi connectivity index (χ4n) is 1.90. The molecule has 8 nitrogen and oxygen atoms in total. The van der Waals surface area contributed by atoms with E-state index in [1.165, 1.54) is 12.1 Å². The number of carboxylic acids is 1. The van der Waals surface area contributed by atoms with Crippen molar-refractivity contribution < 1.29 is 19.6 Å². The molecule has 0 aliphatic heterocycles. The van der Waals surface area contributed by atoms with Crippen LogP contribution in [0.15, 0.2) is 12.1 Å². The Hall–Kier alpha value is -2.64. The van der Waals surface area contributed by atoms with Crippen LogP contribution in [0, 0.1) is 17.0 Å². The first-order valence-electron chi connectivity index (χ1n) is 6.36. The summed E-state index contributed by atoms with van der Waals surface area (Å²) in [6, 6.07) is 1.59. The Kier molecular flexibility index (Phi) is 5.23. The Morgan fingerprint density at radius 1 is 1.48 bits per heavy atom. The van der Waals surface area contributed by atoms with Crippen molar-refractivity contribution in [2.75, 3.05) is 5.73 Å². The lowest BCUT2D eigenvalue weighted by Gasteiger charge is -2.14. The predicted octanol–water partition coefficient (Wildman–Crippen LogP) is 1.47. The molecule has 114 valence electrons. The summed E-state index contributed by atoms with van der Waals surface area (Å²) in [4.78, 5) is 33.3. The lowest BCUT2D eigenvalue weighted by atomic mass is 10.1. The molecule has 0 bridgehead atoms. The summed E-state index contributed by atoms with van der Waals surface area (Å²) in [6.45, 7) is 3.37. The number of benzene rings is 1. The Morgan fingerprint density at radius 2 is 2.10 bits per heavy atom. The molecule has 0 aromatic heterocycles. The number of nitrogens with zero attached hydrogens (tertiary/aromatic N) is 1. The van der Waals surface area contributed by atoms with Crippen LogP contribution in [0.1, 0.15) is 35.7 Å². The van der Waals surface area contributed by atoms with E-state index >= 15 is 0 Å². The first-order valence-corrected chi connectivity index (χ1v) is 6.36. The summed E-state index contributed by atoms with van der Waals surface area (Å²) in [7, 11) is 0. The number of anilines is 1. The van der Waals surface area contributed by atoms with E-state index in [-0.39, 0.29) is 23.4 Å². The molecule has 1 aromatic carbocycles. The molecule has 8 heteroatoms. The monoisotopic (exact) mass is 295 g/mol. The number of nitrogen functional groups attached to an aromatic ring is 1. The Labute approximate surface area is 121 Å². The summed E-state index contributed by atoms with van der Waals surface area (Å²) in [6.07, 6.45) is 0.829. The van der Waals surface area contributed by atoms with Crippen molar-refractivity contribution in [3.63, 3.8) is 0 Å². The molecule has 0 fully saturated rings. The fraction of sp³-hybridized carbons (Fsp3) is 0.385. The number of amides is 1. The van der Waals surface area contributed by atoms with Gasteiger partial charge in [0.1, 0.15) is 11.7 Å². The van der Waals surface area contributed by atoms with Gasteiger partial charge in [-0.05, 0) is 25.0 Å². The average Bonchev–Trinajstić information content (AvgIpc) is 2.39. The van der Waals surface area contributed by atoms with Crippen LogP contribution in [0.4, 0.5) is 11.4 Å². The zero-order chi connectivity index (χ0) is 16.2. The van der Waals surface area contributed by atoms with E-state index < -0.39 is 22.8 Å². The van der Waals surface area contributed by atoms with Gasteiger partial charge in [0.15, 0.2) is 0 Å². The van der Waals surface area contributed by atoms with Crippen LogP contribution in [-0.2, 0) is 4.79 Å². The van der Waals surface area contributed by atoms with Crippen LogP contribution < -0.4 is 11.1 Å². The molecule has 0 aliphatic carbocycles. The number of carboxylic acid groups (broad SMARTS) is 1. The van der Waals surface area contributed by atoms with Gasteiger partial charge < -0.3 is 16.2 Å². The van der Waals surface area contributed by atoms with Crippen LogP contribution in [0.2, 0.25) is 0 Å². The highest BCUT2D eigenvalue weighted by atomic mass is 16.6. The van der Waals surface area contributed by atoms with Gasteiger partial charge >= 0.3 is 5.97 Å². The second-order valence-corrected chi connectivity index (χ2v) is 4.66. The lowest BCUT2D eigenvalue weighted by Crippen LogP contribution is -2.40. The summed E-state index contributed by atoms with van der Waals surface area (Å²) >= 11 is 0. The number of carbonyl (C=O) groups excluding carboxylic acids is 1. The average molecular weight is 295 g/mol. The molecule has 1 atom stereocenters. The maximum Gasteiger partial charge on any atom is 0.326 e. The highest BCUT2D eigenvalue weighted by Crippen LogP contribution is 2.27. The molecule has 0 heterocycles. The van der Waals surface area contributed by atoms with Crippen molar-refractivity contribution in [3.8, 4) is 0 Å². The van der Waals surface area contributed by atoms with E-state index in [0.29, 0.717) is 12.0 Å². The minimum absolute atomic E-state index is 0.0935. The van der Waals surface area contributed by atoms with Gasteiger partial charge in [0.25, 0.3) is 11.6 Å². The molecule has 1 amide bonds. The SMILES string of the molecule is CCCC(NC(=O)c1cc(C)cc([N+](=O)[O-])c1N)C(=O)O. The highest BCUT2D eigenvalue weighted by molar-refractivity contribution is 6.02. The van der Waals surface area contributed by atoms with Gasteiger partial charge in [0, 0.05) is 6.07 Å². The van der Waals surface area contributed by atoms with E-state index in [1.54, 1.807) is 13.8 Å². The minimum atomic E-state index is -1.16. The lowest BCUT2D eigenvalue weighted by molar-refractivity contribution is -0.384. The maximum atomic E-state index is 12.1. The van der Waals surface area contributed by atoms with Crippen molar-refractivity contribution in [1.29, 1.82) is 0 Å². The maximum absolute atomic E-state index is 12.1. The molecular formula is C13H17N3O5. The highest BCUT2D eigenvalue weighted by Gasteiger charge is 2.24. The van der Waals surface area contributed by atoms with Gasteiger partial charge in [-0.3, -0.25) is 14.9 Å². The molecular weight excluding hydrogens is 278 g/mol. The van der Waals surface area contributed by atoms with Crippen molar-refractivity contribution in [2.24, 2.45) is 0 Å². The standard InChI is InChI=1S/C13H17N3O5/c1-3-4-9(13(18)19)15-12(17)8-5-7(2)6-10(11(8)14)16(20)21/h5-6,9H,3-4,14H2,1-2H3,(H,15,17)(H,18,19). The number of aliphatic carboxylic acids is 1. The number of carbonyl (C=O) groups is 2. The van der Waals surface area contributed by atoms with Gasteiger partial charge in [0.05, 0.1) is 10.5 Å². The van der Waals surface area contributed by atoms with E-state index in [0.717, 1.165) is 0 Å². The van der Waals surface area contributed by atoms with Crippen LogP contribution in [0.5, 0.6) is 0 Å². The second-order valence-electron chi connectivity index (χ2n) is 4.66. The number of hydrogen-bond donors (Lipinski definition) is 3. The van der Waals surface area contributed by atoms with Crippen molar-refractivity contribution >= 4 is 23.3 Å². The molecule has 4 N–H and O–H groups in total. The minimum Gasteiger partial charge on any atom is -0.480 e. The van der Waals surface area contributed by atoms with Crippen LogP contribution >= 0.6 is 0 Å². The first-order chi connectivity index (χ1) is 9.77. The molecule has 0 spiro atoms. The third-order valence-electron chi connectivity index (χ3n) is 2.92. The van der Waals surface area contributed by atoms with Crippen molar-refractivity contribution in [3.05, 3.63) is 33.4 Å². The molecule has 0 saturated heterocycles. The van der Waals surface area contributed by atoms with E-state index in [1.807, 2.05) is 0 Å². The molecule has 21 heavy (non-hydrogen) atoms. The van der Waals surface area contributed by atoms with Crippen LogP contribution in [0.3, 0.4) is 0 Å². The van der Waals surface area contributed by atoms with Crippen molar-refractivity contribution in [1.82, 2.24) is 5.32 Å². The number of nitrogens with two attached hydrogens (primary N) is 1. The number of nitro benzene ring substituents is 1. The van der Waals surface area contributed by atoms with E-state index in [4.69, 9.17) is 10.8 Å². The second kappa shape index (κ2) is 6.69. The molecule has 1 rings (SSSR count). The zero-order valence-corrected chi connectivity index (χ0v) is 11.8. The van der Waals surface area contributed by atoms with Gasteiger partial charge in [-0.25, -0.2) is 4.79 Å². The molecule has 1 unspecified atom stereocenters. The number of aryl methyl sites for hydroxylation is 1. The third kappa shape index (κ3) is 3.91. The Morgan fingerprint density at radius 3 is 2.57 bits per heavy atom. The van der Waals surface area contributed by atoms with E-state index in [9.17, 15) is 19.7 Å². The van der Waals surface area contributed by atoms with Crippen LogP contribution in [0.25, 0.3) is 0 Å². The summed E-state index contributed by atoms with van der Waals surface area (Å²) in [5, 5.41) is 22.2. The predicted molar refractivity (Wildman–Crippen MR) is 76.0 cm³/mol. The molecule has 0 aliphatic rings. The number of hydrogen-bond acceptors (Lipinski definition) is 5. The summed E-state index contributed by atoms with van der Waals surface area (Å²) in [5.41, 5.74) is 5.38. The Balaban J connectivity index is 3.12. The first kappa shape index (κ1) is 16.4.